The van der Waals surface area contributed by atoms with E-state index in [1.165, 1.54) is 12.3 Å². The average molecular weight is 586 g/mol. The van der Waals surface area contributed by atoms with Crippen LogP contribution in [0.25, 0.3) is 0 Å². The number of aliphatic carboxylic acids is 1. The van der Waals surface area contributed by atoms with E-state index < -0.39 is 18.7 Å². The number of carboxylic acid groups (broad SMARTS) is 1. The number of phenols is 1. The predicted molar refractivity (Wildman–Crippen MR) is 127 cm³/mol. The van der Waals surface area contributed by atoms with E-state index in [0.717, 1.165) is 0 Å². The molecule has 32 heavy (non-hydrogen) atoms. The number of phenolic OH excluding ortho intramolecular Hbond substituents is 1. The molecule has 1 atom stereocenters. The smallest absolute Gasteiger partial charge is 0.344 e. The molecule has 0 heterocycles. The number of rotatable bonds is 8. The molecule has 0 saturated carbocycles. The van der Waals surface area contributed by atoms with Crippen LogP contribution in [0.1, 0.15) is 22.8 Å². The zero-order chi connectivity index (χ0) is 23.3. The molecule has 0 radical (unpaired) electrons. The maximum absolute atomic E-state index is 10.7. The van der Waals surface area contributed by atoms with Crippen molar-refractivity contribution in [2.24, 2.45) is 5.16 Å². The number of oxime groups is 1. The Morgan fingerprint density at radius 1 is 1.09 bits per heavy atom. The highest BCUT2D eigenvalue weighted by Crippen LogP contribution is 2.40. The van der Waals surface area contributed by atoms with Gasteiger partial charge in [0, 0.05) is 10.6 Å². The Hall–Kier alpha value is -2.59. The van der Waals surface area contributed by atoms with Crippen LogP contribution in [0.5, 0.6) is 17.2 Å². The number of aromatic hydroxyl groups is 1. The van der Waals surface area contributed by atoms with Crippen molar-refractivity contribution >= 4 is 55.6 Å². The molecule has 0 aliphatic heterocycles. The molecule has 1 unspecified atom stereocenters. The van der Waals surface area contributed by atoms with Gasteiger partial charge < -0.3 is 24.9 Å². The molecule has 0 bridgehead atoms. The monoisotopic (exact) mass is 583 g/mol. The Kier molecular flexibility index (Phi) is 8.14. The summed E-state index contributed by atoms with van der Waals surface area (Å²) in [6.07, 6.45) is 0.288. The zero-order valence-corrected chi connectivity index (χ0v) is 20.1. The number of nitrogens with zero attached hydrogens (tertiary/aromatic N) is 1. The topological polar surface area (TPSA) is 109 Å². The molecule has 0 aliphatic carbocycles. The van der Waals surface area contributed by atoms with Crippen LogP contribution in [-0.4, -0.2) is 34.1 Å². The normalized spacial score (nSPS) is 12.0. The number of carbonyl (C=O) groups is 1. The van der Waals surface area contributed by atoms with Gasteiger partial charge in [0.2, 0.25) is 6.61 Å². The predicted octanol–water partition coefficient (Wildman–Crippen LogP) is 5.88. The summed E-state index contributed by atoms with van der Waals surface area (Å²) in [4.78, 5) is 15.1. The van der Waals surface area contributed by atoms with Crippen molar-refractivity contribution in [3.63, 3.8) is 0 Å². The van der Waals surface area contributed by atoms with Crippen LogP contribution in [0, 0.1) is 0 Å². The minimum Gasteiger partial charge on any atom is -0.508 e. The fraction of sp³-hybridized carbons (Fsp3) is 0.0909. The number of carboxylic acids is 1. The third kappa shape index (κ3) is 6.23. The molecule has 0 fully saturated rings. The summed E-state index contributed by atoms with van der Waals surface area (Å²) in [5.41, 5.74) is 1.47. The molecule has 3 aromatic carbocycles. The van der Waals surface area contributed by atoms with Crippen LogP contribution in [-0.2, 0) is 9.63 Å². The molecule has 7 nitrogen and oxygen atoms in total. The lowest BCUT2D eigenvalue weighted by Gasteiger charge is -2.16. The van der Waals surface area contributed by atoms with Gasteiger partial charge in [0.15, 0.2) is 5.75 Å². The first-order valence-corrected chi connectivity index (χ1v) is 11.0. The van der Waals surface area contributed by atoms with Crippen LogP contribution >= 0.6 is 43.5 Å². The average Bonchev–Trinajstić information content (AvgIpc) is 2.75. The first-order valence-electron chi connectivity index (χ1n) is 9.05. The van der Waals surface area contributed by atoms with Gasteiger partial charge in [0.25, 0.3) is 0 Å². The summed E-state index contributed by atoms with van der Waals surface area (Å²) >= 11 is 12.8. The number of aliphatic hydroxyl groups excluding tert-OH is 1. The van der Waals surface area contributed by atoms with Crippen molar-refractivity contribution in [1.82, 2.24) is 0 Å². The number of benzene rings is 3. The van der Waals surface area contributed by atoms with Crippen molar-refractivity contribution < 1.29 is 29.7 Å². The van der Waals surface area contributed by atoms with Crippen molar-refractivity contribution in [3.8, 4) is 17.2 Å². The summed E-state index contributed by atoms with van der Waals surface area (Å²) in [7, 11) is 0. The van der Waals surface area contributed by atoms with Crippen LogP contribution in [0.2, 0.25) is 5.02 Å². The molecular formula is C22H16Br2ClNO6. The van der Waals surface area contributed by atoms with Crippen LogP contribution in [0.3, 0.4) is 0 Å². The maximum atomic E-state index is 10.7. The van der Waals surface area contributed by atoms with Crippen LogP contribution in [0.15, 0.2) is 68.7 Å². The molecule has 3 N–H and O–H groups in total. The fourth-order valence-corrected chi connectivity index (χ4v) is 4.21. The highest BCUT2D eigenvalue weighted by atomic mass is 79.9. The van der Waals surface area contributed by atoms with Gasteiger partial charge in [-0.25, -0.2) is 4.79 Å². The van der Waals surface area contributed by atoms with E-state index in [1.807, 2.05) is 0 Å². The quantitative estimate of drug-likeness (QED) is 0.225. The Bertz CT molecular complexity index is 1130. The highest BCUT2D eigenvalue weighted by Gasteiger charge is 2.17. The summed E-state index contributed by atoms with van der Waals surface area (Å²) in [5.74, 6) is -0.363. The molecule has 0 aliphatic rings. The summed E-state index contributed by atoms with van der Waals surface area (Å²) in [6.45, 7) is -0.537. The lowest BCUT2D eigenvalue weighted by Crippen LogP contribution is -2.03. The molecule has 0 aromatic heterocycles. The second-order valence-electron chi connectivity index (χ2n) is 6.49. The zero-order valence-electron chi connectivity index (χ0n) is 16.2. The molecular weight excluding hydrogens is 570 g/mol. The van der Waals surface area contributed by atoms with E-state index in [4.69, 9.17) is 21.4 Å². The number of halogens is 3. The summed E-state index contributed by atoms with van der Waals surface area (Å²) in [6, 6.07) is 14.6. The van der Waals surface area contributed by atoms with Gasteiger partial charge in [-0.1, -0.05) is 28.9 Å². The number of ether oxygens (including phenoxy) is 1. The summed E-state index contributed by atoms with van der Waals surface area (Å²) in [5, 5.41) is 33.6. The van der Waals surface area contributed by atoms with Gasteiger partial charge in [-0.3, -0.25) is 0 Å². The maximum Gasteiger partial charge on any atom is 0.344 e. The second kappa shape index (κ2) is 10.8. The minimum atomic E-state index is -1.12. The Balaban J connectivity index is 1.82. The first-order chi connectivity index (χ1) is 15.2. The van der Waals surface area contributed by atoms with Gasteiger partial charge in [0.1, 0.15) is 17.6 Å². The molecule has 0 spiro atoms. The number of aliphatic hydroxyl groups is 1. The van der Waals surface area contributed by atoms with E-state index in [9.17, 15) is 15.0 Å². The van der Waals surface area contributed by atoms with Gasteiger partial charge in [-0.05, 0) is 85.5 Å². The molecule has 3 aromatic rings. The molecule has 0 amide bonds. The van der Waals surface area contributed by atoms with E-state index in [-0.39, 0.29) is 11.3 Å². The van der Waals surface area contributed by atoms with E-state index in [2.05, 4.69) is 41.9 Å². The third-order valence-corrected chi connectivity index (χ3v) is 5.61. The number of hydrogen-bond acceptors (Lipinski definition) is 6. The third-order valence-electron chi connectivity index (χ3n) is 4.18. The summed E-state index contributed by atoms with van der Waals surface area (Å²) < 4.78 is 7.13. The van der Waals surface area contributed by atoms with Gasteiger partial charge in [0.05, 0.1) is 15.2 Å². The molecule has 0 saturated heterocycles. The Labute approximate surface area is 205 Å². The largest absolute Gasteiger partial charge is 0.508 e. The molecule has 3 rings (SSSR count). The SMILES string of the molecule is O=C(O)CO/N=C/c1cc(Br)c(Oc2ccc(O)c(C(O)c3ccc(Cl)cc3)c2)c(Br)c1. The highest BCUT2D eigenvalue weighted by molar-refractivity contribution is 9.11. The minimum absolute atomic E-state index is 0.0779. The lowest BCUT2D eigenvalue weighted by atomic mass is 10.0. The van der Waals surface area contributed by atoms with E-state index >= 15 is 0 Å². The molecule has 166 valence electrons. The second-order valence-corrected chi connectivity index (χ2v) is 8.64. The Morgan fingerprint density at radius 2 is 1.75 bits per heavy atom. The van der Waals surface area contributed by atoms with Crippen LogP contribution in [0.4, 0.5) is 0 Å². The van der Waals surface area contributed by atoms with Gasteiger partial charge in [-0.2, -0.15) is 0 Å². The van der Waals surface area contributed by atoms with Crippen molar-refractivity contribution in [1.29, 1.82) is 0 Å². The fourth-order valence-electron chi connectivity index (χ4n) is 2.70. The van der Waals surface area contributed by atoms with Crippen molar-refractivity contribution in [2.75, 3.05) is 6.61 Å². The van der Waals surface area contributed by atoms with Crippen LogP contribution < -0.4 is 4.74 Å². The Morgan fingerprint density at radius 3 is 2.38 bits per heavy atom. The van der Waals surface area contributed by atoms with Gasteiger partial charge in [-0.15, -0.1) is 0 Å². The first kappa shape index (κ1) is 24.1. The van der Waals surface area contributed by atoms with Gasteiger partial charge >= 0.3 is 5.97 Å². The standard InChI is InChI=1S/C22H16Br2ClNO6/c23-17-7-12(10-26-31-11-20(28)29)8-18(24)22(17)32-15-5-6-19(27)16(9-15)21(30)13-1-3-14(25)4-2-13/h1-10,21,27,30H,11H2,(H,28,29)/b26-10+. The lowest BCUT2D eigenvalue weighted by molar-refractivity contribution is -0.142. The number of hydrogen-bond donors (Lipinski definition) is 3. The van der Waals surface area contributed by atoms with Crippen molar-refractivity contribution in [2.45, 2.75) is 6.10 Å². The van der Waals surface area contributed by atoms with E-state index in [1.54, 1.807) is 48.5 Å². The van der Waals surface area contributed by atoms with E-state index in [0.29, 0.717) is 36.6 Å². The molecule has 10 heteroatoms. The van der Waals surface area contributed by atoms with Crippen molar-refractivity contribution in [3.05, 3.63) is 85.3 Å².